The zero-order valence-corrected chi connectivity index (χ0v) is 19.0. The Kier molecular flexibility index (Phi) is 6.75. The van der Waals surface area contributed by atoms with Gasteiger partial charge in [-0.1, -0.05) is 11.6 Å². The smallest absolute Gasteiger partial charge is 0.145 e. The van der Waals surface area contributed by atoms with Gasteiger partial charge in [0.25, 0.3) is 0 Å². The normalized spacial score (nSPS) is 18.7. The molecule has 1 aromatic heterocycles. The van der Waals surface area contributed by atoms with Crippen LogP contribution in [-0.2, 0) is 4.74 Å². The van der Waals surface area contributed by atoms with Gasteiger partial charge in [0.1, 0.15) is 42.2 Å². The number of hydrogen-bond donors (Lipinski definition) is 1. The largest absolute Gasteiger partial charge is 0.492 e. The standard InChI is InChI=1S/C24H26ClFN4O3/c25-19-11-16(3-4-20(19)26)29-24-23-21(27-15-28-24)12-18(32-10-8-30-6-1-2-7-30)13-22(23)33-17-5-9-31-14-17/h3-4,11-13,15,17H,1-2,5-10,14H2,(H,27,28,29). The summed E-state index contributed by atoms with van der Waals surface area (Å²) < 4.78 is 31.5. The number of rotatable bonds is 8. The molecule has 33 heavy (non-hydrogen) atoms. The second kappa shape index (κ2) is 10.1. The maximum absolute atomic E-state index is 13.6. The van der Waals surface area contributed by atoms with E-state index >= 15 is 0 Å². The molecule has 2 aromatic carbocycles. The van der Waals surface area contributed by atoms with Crippen molar-refractivity contribution in [2.75, 3.05) is 44.8 Å². The van der Waals surface area contributed by atoms with E-state index in [1.54, 1.807) is 6.07 Å². The van der Waals surface area contributed by atoms with Gasteiger partial charge in [-0.25, -0.2) is 14.4 Å². The number of ether oxygens (including phenoxy) is 3. The Morgan fingerprint density at radius 1 is 1.18 bits per heavy atom. The summed E-state index contributed by atoms with van der Waals surface area (Å²) in [7, 11) is 0. The van der Waals surface area contributed by atoms with Crippen LogP contribution < -0.4 is 14.8 Å². The molecular formula is C24H26ClFN4O3. The number of hydrogen-bond acceptors (Lipinski definition) is 7. The maximum atomic E-state index is 13.6. The van der Waals surface area contributed by atoms with Crippen molar-refractivity contribution < 1.29 is 18.6 Å². The summed E-state index contributed by atoms with van der Waals surface area (Å²) in [5, 5.41) is 3.97. The highest BCUT2D eigenvalue weighted by Gasteiger charge is 2.21. The Morgan fingerprint density at radius 3 is 2.85 bits per heavy atom. The van der Waals surface area contributed by atoms with Crippen LogP contribution in [0.1, 0.15) is 19.3 Å². The molecule has 2 aliphatic heterocycles. The molecule has 2 fully saturated rings. The molecule has 2 aliphatic rings. The highest BCUT2D eigenvalue weighted by molar-refractivity contribution is 6.31. The van der Waals surface area contributed by atoms with Crippen LogP contribution in [0.2, 0.25) is 5.02 Å². The summed E-state index contributed by atoms with van der Waals surface area (Å²) >= 11 is 5.95. The highest BCUT2D eigenvalue weighted by atomic mass is 35.5. The third kappa shape index (κ3) is 5.29. The van der Waals surface area contributed by atoms with Gasteiger partial charge in [-0.2, -0.15) is 0 Å². The molecule has 0 aliphatic carbocycles. The first-order chi connectivity index (χ1) is 16.2. The lowest BCUT2D eigenvalue weighted by atomic mass is 10.2. The molecule has 3 aromatic rings. The molecule has 2 saturated heterocycles. The van der Waals surface area contributed by atoms with E-state index in [1.807, 2.05) is 12.1 Å². The van der Waals surface area contributed by atoms with Crippen molar-refractivity contribution >= 4 is 34.0 Å². The first-order valence-corrected chi connectivity index (χ1v) is 11.6. The second-order valence-electron chi connectivity index (χ2n) is 8.29. The fourth-order valence-corrected chi connectivity index (χ4v) is 4.38. The van der Waals surface area contributed by atoms with E-state index in [0.29, 0.717) is 48.3 Å². The van der Waals surface area contributed by atoms with Gasteiger partial charge in [-0.3, -0.25) is 4.90 Å². The van der Waals surface area contributed by atoms with E-state index in [9.17, 15) is 4.39 Å². The summed E-state index contributed by atoms with van der Waals surface area (Å²) in [6.07, 6.45) is 4.74. The Hall–Kier alpha value is -2.68. The molecule has 9 heteroatoms. The quantitative estimate of drug-likeness (QED) is 0.504. The van der Waals surface area contributed by atoms with E-state index in [-0.39, 0.29) is 11.1 Å². The number of fused-ring (bicyclic) bond motifs is 1. The maximum Gasteiger partial charge on any atom is 0.145 e. The van der Waals surface area contributed by atoms with Crippen LogP contribution in [0.3, 0.4) is 0 Å². The highest BCUT2D eigenvalue weighted by Crippen LogP contribution is 2.37. The first kappa shape index (κ1) is 22.1. The van der Waals surface area contributed by atoms with E-state index in [1.165, 1.54) is 31.3 Å². The van der Waals surface area contributed by atoms with Crippen LogP contribution in [-0.4, -0.2) is 60.4 Å². The summed E-state index contributed by atoms with van der Waals surface area (Å²) in [4.78, 5) is 11.3. The average Bonchev–Trinajstić information content (AvgIpc) is 3.51. The molecule has 0 radical (unpaired) electrons. The molecule has 1 N–H and O–H groups in total. The average molecular weight is 473 g/mol. The zero-order chi connectivity index (χ0) is 22.6. The van der Waals surface area contributed by atoms with Crippen LogP contribution in [0.15, 0.2) is 36.7 Å². The Balaban J connectivity index is 1.44. The SMILES string of the molecule is Fc1ccc(Nc2ncnc3cc(OCCN4CCCC4)cc(OC4CCOC4)c23)cc1Cl. The molecule has 3 heterocycles. The van der Waals surface area contributed by atoms with Gasteiger partial charge < -0.3 is 19.5 Å². The number of nitrogens with zero attached hydrogens (tertiary/aromatic N) is 3. The van der Waals surface area contributed by atoms with Gasteiger partial charge in [0.15, 0.2) is 0 Å². The summed E-state index contributed by atoms with van der Waals surface area (Å²) in [6, 6.07) is 8.22. The Morgan fingerprint density at radius 2 is 2.06 bits per heavy atom. The van der Waals surface area contributed by atoms with E-state index < -0.39 is 5.82 Å². The summed E-state index contributed by atoms with van der Waals surface area (Å²) in [6.45, 7) is 4.96. The van der Waals surface area contributed by atoms with Crippen molar-refractivity contribution in [3.05, 3.63) is 47.5 Å². The number of halogens is 2. The van der Waals surface area contributed by atoms with Crippen LogP contribution in [0, 0.1) is 5.82 Å². The third-order valence-electron chi connectivity index (χ3n) is 5.91. The van der Waals surface area contributed by atoms with Crippen molar-refractivity contribution in [3.8, 4) is 11.5 Å². The minimum atomic E-state index is -0.476. The van der Waals surface area contributed by atoms with Crippen molar-refractivity contribution in [2.24, 2.45) is 0 Å². The lowest BCUT2D eigenvalue weighted by Crippen LogP contribution is -2.25. The van der Waals surface area contributed by atoms with Gasteiger partial charge in [0.2, 0.25) is 0 Å². The van der Waals surface area contributed by atoms with Crippen molar-refractivity contribution in [1.82, 2.24) is 14.9 Å². The number of anilines is 2. The fourth-order valence-electron chi connectivity index (χ4n) is 4.20. The third-order valence-corrected chi connectivity index (χ3v) is 6.20. The van der Waals surface area contributed by atoms with E-state index in [4.69, 9.17) is 25.8 Å². The van der Waals surface area contributed by atoms with Crippen LogP contribution in [0.4, 0.5) is 15.9 Å². The number of nitrogens with one attached hydrogen (secondary N) is 1. The molecule has 5 rings (SSSR count). The molecule has 1 atom stereocenters. The predicted octanol–water partition coefficient (Wildman–Crippen LogP) is 4.81. The van der Waals surface area contributed by atoms with Crippen LogP contribution >= 0.6 is 11.6 Å². The molecular weight excluding hydrogens is 447 g/mol. The number of likely N-dealkylation sites (tertiary alicyclic amines) is 1. The monoisotopic (exact) mass is 472 g/mol. The van der Waals surface area contributed by atoms with Crippen molar-refractivity contribution in [3.63, 3.8) is 0 Å². The van der Waals surface area contributed by atoms with Crippen molar-refractivity contribution in [1.29, 1.82) is 0 Å². The zero-order valence-electron chi connectivity index (χ0n) is 18.2. The first-order valence-electron chi connectivity index (χ1n) is 11.3. The predicted molar refractivity (Wildman–Crippen MR) is 125 cm³/mol. The fraction of sp³-hybridized carbons (Fsp3) is 0.417. The number of benzene rings is 2. The number of aromatic nitrogens is 2. The van der Waals surface area contributed by atoms with Gasteiger partial charge in [0.05, 0.1) is 29.1 Å². The second-order valence-corrected chi connectivity index (χ2v) is 8.70. The molecule has 0 bridgehead atoms. The molecule has 1 unspecified atom stereocenters. The lowest BCUT2D eigenvalue weighted by Gasteiger charge is -2.19. The van der Waals surface area contributed by atoms with Crippen molar-refractivity contribution in [2.45, 2.75) is 25.4 Å². The van der Waals surface area contributed by atoms with Crippen LogP contribution in [0.25, 0.3) is 10.9 Å². The molecule has 0 amide bonds. The molecule has 0 spiro atoms. The van der Waals surface area contributed by atoms with Crippen LogP contribution in [0.5, 0.6) is 11.5 Å². The van der Waals surface area contributed by atoms with Gasteiger partial charge in [-0.15, -0.1) is 0 Å². The summed E-state index contributed by atoms with van der Waals surface area (Å²) in [5.41, 5.74) is 1.30. The molecule has 7 nitrogen and oxygen atoms in total. The van der Waals surface area contributed by atoms with Gasteiger partial charge in [-0.05, 0) is 44.1 Å². The molecule has 0 saturated carbocycles. The van der Waals surface area contributed by atoms with E-state index in [0.717, 1.165) is 31.4 Å². The molecule has 174 valence electrons. The van der Waals surface area contributed by atoms with Gasteiger partial charge >= 0.3 is 0 Å². The minimum absolute atomic E-state index is 0.0339. The Labute approximate surface area is 196 Å². The van der Waals surface area contributed by atoms with E-state index in [2.05, 4.69) is 20.2 Å². The summed E-state index contributed by atoms with van der Waals surface area (Å²) in [5.74, 6) is 1.39. The topological polar surface area (TPSA) is 68.7 Å². The minimum Gasteiger partial charge on any atom is -0.492 e. The van der Waals surface area contributed by atoms with Gasteiger partial charge in [0, 0.05) is 30.8 Å². The lowest BCUT2D eigenvalue weighted by molar-refractivity contribution is 0.142. The Bertz CT molecular complexity index is 1120.